The Morgan fingerprint density at radius 2 is 1.74 bits per heavy atom. The Labute approximate surface area is 110 Å². The Balaban J connectivity index is 4.40. The SMILES string of the molecule is CCCCC(=O)OC(CC(=O)OCCC)C(F)(F)F. The minimum absolute atomic E-state index is 0.0488. The summed E-state index contributed by atoms with van der Waals surface area (Å²) in [4.78, 5) is 22.3. The summed E-state index contributed by atoms with van der Waals surface area (Å²) in [5.41, 5.74) is 0. The Morgan fingerprint density at radius 3 is 2.21 bits per heavy atom. The molecule has 4 nitrogen and oxygen atoms in total. The van der Waals surface area contributed by atoms with Crippen LogP contribution in [0.2, 0.25) is 0 Å². The second-order valence-electron chi connectivity index (χ2n) is 4.05. The first-order valence-electron chi connectivity index (χ1n) is 6.23. The van der Waals surface area contributed by atoms with Gasteiger partial charge in [0, 0.05) is 6.42 Å². The van der Waals surface area contributed by atoms with E-state index in [4.69, 9.17) is 0 Å². The van der Waals surface area contributed by atoms with E-state index in [1.165, 1.54) is 0 Å². The van der Waals surface area contributed by atoms with Crippen molar-refractivity contribution < 1.29 is 32.2 Å². The molecule has 0 fully saturated rings. The zero-order valence-electron chi connectivity index (χ0n) is 11.1. The lowest BCUT2D eigenvalue weighted by atomic mass is 10.2. The molecule has 0 aromatic rings. The summed E-state index contributed by atoms with van der Waals surface area (Å²) < 4.78 is 46.7. The Hall–Kier alpha value is -1.27. The monoisotopic (exact) mass is 284 g/mol. The van der Waals surface area contributed by atoms with Gasteiger partial charge in [0.15, 0.2) is 0 Å². The first-order chi connectivity index (χ1) is 8.81. The molecule has 0 radical (unpaired) electrons. The van der Waals surface area contributed by atoms with Gasteiger partial charge in [0.1, 0.15) is 0 Å². The maximum Gasteiger partial charge on any atom is 0.426 e. The minimum atomic E-state index is -4.77. The number of unbranched alkanes of at least 4 members (excludes halogenated alkanes) is 1. The van der Waals surface area contributed by atoms with Crippen LogP contribution in [0.3, 0.4) is 0 Å². The quantitative estimate of drug-likeness (QED) is 0.643. The van der Waals surface area contributed by atoms with Crippen LogP contribution in [-0.2, 0) is 19.1 Å². The summed E-state index contributed by atoms with van der Waals surface area (Å²) in [6.07, 6.45) is -6.66. The number of ether oxygens (including phenoxy) is 2. The van der Waals surface area contributed by atoms with Crippen LogP contribution >= 0.6 is 0 Å². The van der Waals surface area contributed by atoms with Crippen LogP contribution in [0.1, 0.15) is 46.0 Å². The van der Waals surface area contributed by atoms with E-state index in [0.717, 1.165) is 0 Å². The molecule has 0 N–H and O–H groups in total. The number of hydrogen-bond acceptors (Lipinski definition) is 4. The molecule has 0 aromatic carbocycles. The van der Waals surface area contributed by atoms with Crippen LogP contribution in [0.25, 0.3) is 0 Å². The maximum absolute atomic E-state index is 12.6. The molecule has 0 aromatic heterocycles. The molecular formula is C12H19F3O4. The molecule has 0 aliphatic heterocycles. The fourth-order valence-corrected chi connectivity index (χ4v) is 1.19. The smallest absolute Gasteiger partial charge is 0.426 e. The van der Waals surface area contributed by atoms with Crippen LogP contribution in [0.5, 0.6) is 0 Å². The molecule has 7 heteroatoms. The van der Waals surface area contributed by atoms with Gasteiger partial charge in [-0.25, -0.2) is 0 Å². The van der Waals surface area contributed by atoms with Crippen LogP contribution < -0.4 is 0 Å². The Bertz CT molecular complexity index is 267. The van der Waals surface area contributed by atoms with Crippen molar-refractivity contribution in [2.24, 2.45) is 0 Å². The number of carbonyl (C=O) groups excluding carboxylic acids is 2. The van der Waals surface area contributed by atoms with Gasteiger partial charge in [-0.1, -0.05) is 20.3 Å². The second kappa shape index (κ2) is 8.77. The van der Waals surface area contributed by atoms with Crippen LogP contribution in [0, 0.1) is 0 Å². The predicted octanol–water partition coefficient (Wildman–Crippen LogP) is 2.99. The average molecular weight is 284 g/mol. The molecule has 112 valence electrons. The number of alkyl halides is 3. The van der Waals surface area contributed by atoms with Crippen LogP contribution in [0.4, 0.5) is 13.2 Å². The third-order valence-corrected chi connectivity index (χ3v) is 2.19. The third-order valence-electron chi connectivity index (χ3n) is 2.19. The number of halogens is 3. The van der Waals surface area contributed by atoms with E-state index in [1.54, 1.807) is 13.8 Å². The summed E-state index contributed by atoms with van der Waals surface area (Å²) in [5, 5.41) is 0. The largest absolute Gasteiger partial charge is 0.466 e. The molecule has 0 saturated heterocycles. The summed E-state index contributed by atoms with van der Waals surface area (Å²) in [5.74, 6) is -1.97. The van der Waals surface area contributed by atoms with Crippen molar-refractivity contribution in [1.82, 2.24) is 0 Å². The zero-order valence-corrected chi connectivity index (χ0v) is 11.1. The Kier molecular flexibility index (Phi) is 8.18. The summed E-state index contributed by atoms with van der Waals surface area (Å²) in [6, 6.07) is 0. The van der Waals surface area contributed by atoms with Gasteiger partial charge in [0.25, 0.3) is 0 Å². The van der Waals surface area contributed by atoms with E-state index in [2.05, 4.69) is 9.47 Å². The van der Waals surface area contributed by atoms with E-state index in [0.29, 0.717) is 19.3 Å². The molecule has 0 heterocycles. The van der Waals surface area contributed by atoms with E-state index >= 15 is 0 Å². The van der Waals surface area contributed by atoms with Gasteiger partial charge in [-0.05, 0) is 12.8 Å². The summed E-state index contributed by atoms with van der Waals surface area (Å²) in [6.45, 7) is 3.57. The van der Waals surface area contributed by atoms with Gasteiger partial charge >= 0.3 is 18.1 Å². The molecular weight excluding hydrogens is 265 g/mol. The molecule has 0 spiro atoms. The minimum Gasteiger partial charge on any atom is -0.466 e. The number of rotatable bonds is 8. The van der Waals surface area contributed by atoms with Gasteiger partial charge in [0.2, 0.25) is 6.10 Å². The van der Waals surface area contributed by atoms with Gasteiger partial charge in [-0.15, -0.1) is 0 Å². The number of carbonyl (C=O) groups is 2. The molecule has 0 amide bonds. The first kappa shape index (κ1) is 17.7. The van der Waals surface area contributed by atoms with Gasteiger partial charge in [-0.2, -0.15) is 13.2 Å². The molecule has 1 atom stereocenters. The first-order valence-corrected chi connectivity index (χ1v) is 6.23. The predicted molar refractivity (Wildman–Crippen MR) is 61.3 cm³/mol. The summed E-state index contributed by atoms with van der Waals surface area (Å²) in [7, 11) is 0. The van der Waals surface area contributed by atoms with Crippen molar-refractivity contribution in [2.45, 2.75) is 58.2 Å². The molecule has 0 bridgehead atoms. The number of esters is 2. The summed E-state index contributed by atoms with van der Waals surface area (Å²) >= 11 is 0. The number of hydrogen-bond donors (Lipinski definition) is 0. The van der Waals surface area contributed by atoms with E-state index in [9.17, 15) is 22.8 Å². The molecule has 0 saturated carbocycles. The fraction of sp³-hybridized carbons (Fsp3) is 0.833. The highest BCUT2D eigenvalue weighted by Gasteiger charge is 2.44. The van der Waals surface area contributed by atoms with Crippen molar-refractivity contribution in [3.05, 3.63) is 0 Å². The second-order valence-corrected chi connectivity index (χ2v) is 4.05. The van der Waals surface area contributed by atoms with E-state index in [-0.39, 0.29) is 13.0 Å². The van der Waals surface area contributed by atoms with Gasteiger partial charge in [-0.3, -0.25) is 9.59 Å². The van der Waals surface area contributed by atoms with Crippen molar-refractivity contribution >= 4 is 11.9 Å². The van der Waals surface area contributed by atoms with Crippen LogP contribution in [0.15, 0.2) is 0 Å². The van der Waals surface area contributed by atoms with Crippen molar-refractivity contribution in [1.29, 1.82) is 0 Å². The Morgan fingerprint density at radius 1 is 1.11 bits per heavy atom. The third kappa shape index (κ3) is 8.45. The molecule has 0 rings (SSSR count). The lowest BCUT2D eigenvalue weighted by molar-refractivity contribution is -0.224. The average Bonchev–Trinajstić information content (AvgIpc) is 2.31. The standard InChI is InChI=1S/C12H19F3O4/c1-3-5-6-10(16)19-9(12(13,14)15)8-11(17)18-7-4-2/h9H,3-8H2,1-2H3. The highest BCUT2D eigenvalue weighted by molar-refractivity contribution is 5.72. The zero-order chi connectivity index (χ0) is 14.9. The normalized spacial score (nSPS) is 12.9. The van der Waals surface area contributed by atoms with Gasteiger partial charge in [0.05, 0.1) is 13.0 Å². The molecule has 0 aliphatic rings. The van der Waals surface area contributed by atoms with E-state index in [1.807, 2.05) is 0 Å². The molecule has 1 unspecified atom stereocenters. The van der Waals surface area contributed by atoms with E-state index < -0.39 is 30.6 Å². The lowest BCUT2D eigenvalue weighted by Crippen LogP contribution is -2.36. The van der Waals surface area contributed by atoms with Crippen molar-refractivity contribution in [3.8, 4) is 0 Å². The topological polar surface area (TPSA) is 52.6 Å². The lowest BCUT2D eigenvalue weighted by Gasteiger charge is -2.19. The maximum atomic E-state index is 12.6. The van der Waals surface area contributed by atoms with Crippen molar-refractivity contribution in [2.75, 3.05) is 6.61 Å². The van der Waals surface area contributed by atoms with Gasteiger partial charge < -0.3 is 9.47 Å². The molecule has 0 aliphatic carbocycles. The van der Waals surface area contributed by atoms with Crippen molar-refractivity contribution in [3.63, 3.8) is 0 Å². The molecule has 19 heavy (non-hydrogen) atoms. The highest BCUT2D eigenvalue weighted by atomic mass is 19.4. The van der Waals surface area contributed by atoms with Crippen LogP contribution in [-0.4, -0.2) is 30.8 Å². The highest BCUT2D eigenvalue weighted by Crippen LogP contribution is 2.26. The fourth-order valence-electron chi connectivity index (χ4n) is 1.19.